The molecule has 0 bridgehead atoms. The summed E-state index contributed by atoms with van der Waals surface area (Å²) in [5.41, 5.74) is 0.663. The third-order valence-electron chi connectivity index (χ3n) is 4.85. The van der Waals surface area contributed by atoms with Gasteiger partial charge in [-0.3, -0.25) is 9.48 Å². The Bertz CT molecular complexity index is 680. The molecule has 0 spiro atoms. The van der Waals surface area contributed by atoms with E-state index in [1.807, 2.05) is 34.0 Å². The van der Waals surface area contributed by atoms with Crippen molar-refractivity contribution in [1.29, 1.82) is 0 Å². The molecule has 1 fully saturated rings. The zero-order chi connectivity index (χ0) is 17.8. The molecule has 0 unspecified atom stereocenters. The van der Waals surface area contributed by atoms with Crippen molar-refractivity contribution in [3.63, 3.8) is 0 Å². The van der Waals surface area contributed by atoms with Gasteiger partial charge in [0.15, 0.2) is 0 Å². The van der Waals surface area contributed by atoms with Crippen molar-refractivity contribution < 1.29 is 4.79 Å². The van der Waals surface area contributed by atoms with E-state index in [2.05, 4.69) is 35.8 Å². The molecular weight excluding hydrogens is 314 g/mol. The van der Waals surface area contributed by atoms with E-state index in [9.17, 15) is 4.79 Å². The molecular formula is C19H27N5O. The van der Waals surface area contributed by atoms with Crippen molar-refractivity contribution in [2.24, 2.45) is 0 Å². The van der Waals surface area contributed by atoms with Crippen LogP contribution in [0.5, 0.6) is 0 Å². The lowest BCUT2D eigenvalue weighted by molar-refractivity contribution is 0.0721. The largest absolute Gasteiger partial charge is 0.354 e. The van der Waals surface area contributed by atoms with Crippen LogP contribution in [0.25, 0.3) is 0 Å². The van der Waals surface area contributed by atoms with Crippen LogP contribution in [-0.2, 0) is 6.54 Å². The van der Waals surface area contributed by atoms with Gasteiger partial charge in [0, 0.05) is 37.7 Å². The van der Waals surface area contributed by atoms with Crippen molar-refractivity contribution in [3.05, 3.63) is 42.4 Å². The van der Waals surface area contributed by atoms with E-state index in [1.54, 1.807) is 12.4 Å². The zero-order valence-corrected chi connectivity index (χ0v) is 15.3. The summed E-state index contributed by atoms with van der Waals surface area (Å²) in [5, 5.41) is 4.26. The van der Waals surface area contributed by atoms with Crippen LogP contribution < -0.4 is 4.90 Å². The van der Waals surface area contributed by atoms with Crippen LogP contribution >= 0.6 is 0 Å². The monoisotopic (exact) mass is 341 g/mol. The maximum Gasteiger partial charge on any atom is 0.255 e. The number of anilines is 1. The molecule has 0 radical (unpaired) electrons. The number of pyridine rings is 1. The second-order valence-electron chi connectivity index (χ2n) is 6.81. The summed E-state index contributed by atoms with van der Waals surface area (Å²) in [6, 6.07) is 6.36. The van der Waals surface area contributed by atoms with Gasteiger partial charge in [0.05, 0.1) is 18.2 Å². The van der Waals surface area contributed by atoms with Gasteiger partial charge >= 0.3 is 0 Å². The maximum atomic E-state index is 12.9. The predicted molar refractivity (Wildman–Crippen MR) is 98.7 cm³/mol. The molecule has 6 heteroatoms. The molecule has 6 nitrogen and oxygen atoms in total. The van der Waals surface area contributed by atoms with Gasteiger partial charge in [0.2, 0.25) is 0 Å². The number of aromatic nitrogens is 3. The molecule has 1 atom stereocenters. The van der Waals surface area contributed by atoms with Crippen LogP contribution in [0.2, 0.25) is 0 Å². The Hall–Kier alpha value is -2.37. The van der Waals surface area contributed by atoms with E-state index < -0.39 is 0 Å². The highest BCUT2D eigenvalue weighted by Crippen LogP contribution is 2.22. The zero-order valence-electron chi connectivity index (χ0n) is 15.3. The first kappa shape index (κ1) is 17.5. The van der Waals surface area contributed by atoms with Crippen molar-refractivity contribution in [3.8, 4) is 0 Å². The Morgan fingerprint density at radius 2 is 2.24 bits per heavy atom. The second-order valence-corrected chi connectivity index (χ2v) is 6.81. The van der Waals surface area contributed by atoms with E-state index in [0.29, 0.717) is 11.6 Å². The highest BCUT2D eigenvalue weighted by atomic mass is 16.2. The molecule has 0 N–H and O–H groups in total. The number of nitrogens with zero attached hydrogens (tertiary/aromatic N) is 5. The first-order valence-corrected chi connectivity index (χ1v) is 9.11. The molecule has 1 aliphatic rings. The fraction of sp³-hybridized carbons (Fsp3) is 0.526. The first-order chi connectivity index (χ1) is 12.1. The third kappa shape index (κ3) is 3.83. The quantitative estimate of drug-likeness (QED) is 0.811. The van der Waals surface area contributed by atoms with Gasteiger partial charge in [-0.15, -0.1) is 0 Å². The van der Waals surface area contributed by atoms with Crippen LogP contribution in [-0.4, -0.2) is 50.7 Å². The average Bonchev–Trinajstić information content (AvgIpc) is 3.27. The Morgan fingerprint density at radius 1 is 1.40 bits per heavy atom. The number of rotatable bonds is 6. The minimum Gasteiger partial charge on any atom is -0.354 e. The molecule has 2 aromatic heterocycles. The number of hydrogen-bond acceptors (Lipinski definition) is 4. The Labute approximate surface area is 149 Å². The van der Waals surface area contributed by atoms with Crippen LogP contribution in [0.15, 0.2) is 36.8 Å². The number of carbonyl (C=O) groups is 1. The Morgan fingerprint density at radius 3 is 2.84 bits per heavy atom. The van der Waals surface area contributed by atoms with Crippen molar-refractivity contribution >= 4 is 11.7 Å². The van der Waals surface area contributed by atoms with Gasteiger partial charge in [-0.1, -0.05) is 0 Å². The summed E-state index contributed by atoms with van der Waals surface area (Å²) >= 11 is 0. The summed E-state index contributed by atoms with van der Waals surface area (Å²) in [4.78, 5) is 21.6. The fourth-order valence-electron chi connectivity index (χ4n) is 3.56. The SMILES string of the molecule is CCN(c1ccc(C(=O)N2CCC[C@@H]2Cn2cccn2)cn1)C(C)C. The van der Waals surface area contributed by atoms with Crippen molar-refractivity contribution in [2.45, 2.75) is 52.2 Å². The van der Waals surface area contributed by atoms with Gasteiger partial charge in [-0.25, -0.2) is 4.98 Å². The van der Waals surface area contributed by atoms with E-state index in [0.717, 1.165) is 38.3 Å². The Balaban J connectivity index is 1.71. The minimum atomic E-state index is 0.0706. The van der Waals surface area contributed by atoms with Crippen LogP contribution in [0.1, 0.15) is 44.0 Å². The number of amides is 1. The summed E-state index contributed by atoms with van der Waals surface area (Å²) < 4.78 is 1.90. The standard InChI is InChI=1S/C19H27N5O/c1-4-23(15(2)3)18-9-8-16(13-20-18)19(25)24-12-5-7-17(24)14-22-11-6-10-21-22/h6,8-11,13,15,17H,4-5,7,12,14H2,1-3H3/t17-/m1/s1. The van der Waals surface area contributed by atoms with Gasteiger partial charge in [0.1, 0.15) is 5.82 Å². The van der Waals surface area contributed by atoms with Gasteiger partial charge < -0.3 is 9.80 Å². The van der Waals surface area contributed by atoms with Crippen LogP contribution in [0.4, 0.5) is 5.82 Å². The summed E-state index contributed by atoms with van der Waals surface area (Å²) in [7, 11) is 0. The van der Waals surface area contributed by atoms with E-state index in [1.165, 1.54) is 0 Å². The average molecular weight is 341 g/mol. The molecule has 134 valence electrons. The summed E-state index contributed by atoms with van der Waals surface area (Å²) in [5.74, 6) is 0.991. The molecule has 3 rings (SSSR count). The van der Waals surface area contributed by atoms with E-state index in [-0.39, 0.29) is 11.9 Å². The van der Waals surface area contributed by atoms with Gasteiger partial charge in [-0.2, -0.15) is 5.10 Å². The van der Waals surface area contributed by atoms with E-state index >= 15 is 0 Å². The molecule has 2 aromatic rings. The highest BCUT2D eigenvalue weighted by molar-refractivity contribution is 5.94. The Kier molecular flexibility index (Phi) is 5.36. The van der Waals surface area contributed by atoms with Gasteiger partial charge in [-0.05, 0) is 51.8 Å². The molecule has 1 amide bonds. The molecule has 1 aliphatic heterocycles. The fourth-order valence-corrected chi connectivity index (χ4v) is 3.56. The summed E-state index contributed by atoms with van der Waals surface area (Å²) in [6.45, 7) is 8.87. The molecule has 0 saturated carbocycles. The second kappa shape index (κ2) is 7.68. The van der Waals surface area contributed by atoms with Crippen LogP contribution in [0, 0.1) is 0 Å². The molecule has 3 heterocycles. The van der Waals surface area contributed by atoms with Crippen LogP contribution in [0.3, 0.4) is 0 Å². The molecule has 1 saturated heterocycles. The predicted octanol–water partition coefficient (Wildman–Crippen LogP) is 2.82. The topological polar surface area (TPSA) is 54.3 Å². The minimum absolute atomic E-state index is 0.0706. The third-order valence-corrected chi connectivity index (χ3v) is 4.85. The molecule has 0 aromatic carbocycles. The van der Waals surface area contributed by atoms with Crippen molar-refractivity contribution in [2.75, 3.05) is 18.0 Å². The normalized spacial score (nSPS) is 17.3. The highest BCUT2D eigenvalue weighted by Gasteiger charge is 2.30. The lowest BCUT2D eigenvalue weighted by Gasteiger charge is -2.27. The number of carbonyl (C=O) groups excluding carboxylic acids is 1. The van der Waals surface area contributed by atoms with E-state index in [4.69, 9.17) is 0 Å². The molecule has 0 aliphatic carbocycles. The smallest absolute Gasteiger partial charge is 0.255 e. The van der Waals surface area contributed by atoms with Gasteiger partial charge in [0.25, 0.3) is 5.91 Å². The molecule has 25 heavy (non-hydrogen) atoms. The lowest BCUT2D eigenvalue weighted by Crippen LogP contribution is -2.38. The van der Waals surface area contributed by atoms with Crippen molar-refractivity contribution in [1.82, 2.24) is 19.7 Å². The maximum absolute atomic E-state index is 12.9. The summed E-state index contributed by atoms with van der Waals surface area (Å²) in [6.07, 6.45) is 7.50. The number of likely N-dealkylation sites (tertiary alicyclic amines) is 1. The number of hydrogen-bond donors (Lipinski definition) is 0. The first-order valence-electron chi connectivity index (χ1n) is 9.11. The lowest BCUT2D eigenvalue weighted by atomic mass is 10.2.